The molecule has 1 aliphatic carbocycles. The quantitative estimate of drug-likeness (QED) is 0.610. The van der Waals surface area contributed by atoms with Gasteiger partial charge in [0.25, 0.3) is 0 Å². The van der Waals surface area contributed by atoms with Gasteiger partial charge in [-0.25, -0.2) is 0 Å². The summed E-state index contributed by atoms with van der Waals surface area (Å²) in [5, 5.41) is 10.3. The SMILES string of the molecule is OC12SC1C=Cc1ccccc12. The van der Waals surface area contributed by atoms with Gasteiger partial charge in [0.2, 0.25) is 0 Å². The average Bonchev–Trinajstić information content (AvgIpc) is 2.78. The van der Waals surface area contributed by atoms with E-state index < -0.39 is 4.93 Å². The zero-order chi connectivity index (χ0) is 8.18. The Morgan fingerprint density at radius 1 is 1.33 bits per heavy atom. The van der Waals surface area contributed by atoms with Gasteiger partial charge in [-0.1, -0.05) is 36.4 Å². The van der Waals surface area contributed by atoms with E-state index in [1.54, 1.807) is 11.8 Å². The molecule has 2 heteroatoms. The van der Waals surface area contributed by atoms with Crippen molar-refractivity contribution in [2.75, 3.05) is 0 Å². The van der Waals surface area contributed by atoms with E-state index in [1.165, 1.54) is 0 Å². The molecule has 12 heavy (non-hydrogen) atoms. The van der Waals surface area contributed by atoms with Crippen molar-refractivity contribution >= 4 is 17.8 Å². The van der Waals surface area contributed by atoms with Crippen LogP contribution in [0.1, 0.15) is 11.1 Å². The van der Waals surface area contributed by atoms with Crippen LogP contribution >= 0.6 is 11.8 Å². The van der Waals surface area contributed by atoms with Crippen molar-refractivity contribution in [3.8, 4) is 0 Å². The van der Waals surface area contributed by atoms with Crippen LogP contribution in [0.3, 0.4) is 0 Å². The first kappa shape index (κ1) is 6.75. The van der Waals surface area contributed by atoms with Crippen molar-refractivity contribution in [3.05, 3.63) is 41.5 Å². The first-order valence-corrected chi connectivity index (χ1v) is 4.86. The lowest BCUT2D eigenvalue weighted by molar-refractivity contribution is 0.180. The van der Waals surface area contributed by atoms with Crippen LogP contribution in [0.4, 0.5) is 0 Å². The molecule has 2 unspecified atom stereocenters. The third kappa shape index (κ3) is 0.692. The number of rotatable bonds is 0. The van der Waals surface area contributed by atoms with Gasteiger partial charge in [0, 0.05) is 5.56 Å². The van der Waals surface area contributed by atoms with Crippen LogP contribution in [0, 0.1) is 0 Å². The fourth-order valence-corrected chi connectivity index (χ4v) is 2.70. The molecule has 2 aliphatic rings. The maximum atomic E-state index is 10.0. The van der Waals surface area contributed by atoms with Crippen LogP contribution in [0.2, 0.25) is 0 Å². The Morgan fingerprint density at radius 3 is 3.08 bits per heavy atom. The summed E-state index contributed by atoms with van der Waals surface area (Å²) in [5.41, 5.74) is 2.23. The van der Waals surface area contributed by atoms with Crippen molar-refractivity contribution in [1.82, 2.24) is 0 Å². The van der Waals surface area contributed by atoms with Gasteiger partial charge in [-0.2, -0.15) is 0 Å². The van der Waals surface area contributed by atoms with Gasteiger partial charge < -0.3 is 5.11 Å². The smallest absolute Gasteiger partial charge is 0.152 e. The summed E-state index contributed by atoms with van der Waals surface area (Å²) in [6.45, 7) is 0. The fourth-order valence-electron chi connectivity index (χ4n) is 1.71. The number of hydrogen-bond acceptors (Lipinski definition) is 2. The van der Waals surface area contributed by atoms with E-state index in [2.05, 4.69) is 12.2 Å². The van der Waals surface area contributed by atoms with Crippen LogP contribution in [0.15, 0.2) is 30.3 Å². The Morgan fingerprint density at radius 2 is 2.17 bits per heavy atom. The molecule has 0 radical (unpaired) electrons. The second-order valence-electron chi connectivity index (χ2n) is 3.18. The van der Waals surface area contributed by atoms with Crippen molar-refractivity contribution in [1.29, 1.82) is 0 Å². The molecule has 0 bridgehead atoms. The van der Waals surface area contributed by atoms with Crippen molar-refractivity contribution < 1.29 is 5.11 Å². The minimum Gasteiger partial charge on any atom is -0.374 e. The summed E-state index contributed by atoms with van der Waals surface area (Å²) in [6, 6.07) is 8.02. The molecule has 1 aromatic carbocycles. The molecular weight excluding hydrogens is 168 g/mol. The van der Waals surface area contributed by atoms with E-state index in [0.29, 0.717) is 5.25 Å². The molecule has 1 N–H and O–H groups in total. The lowest BCUT2D eigenvalue weighted by atomic mass is 9.95. The molecule has 60 valence electrons. The highest BCUT2D eigenvalue weighted by atomic mass is 32.2. The van der Waals surface area contributed by atoms with Gasteiger partial charge in [-0.05, 0) is 5.56 Å². The number of aliphatic hydroxyl groups is 1. The molecule has 1 aromatic rings. The summed E-state index contributed by atoms with van der Waals surface area (Å²) >= 11 is 1.61. The van der Waals surface area contributed by atoms with Gasteiger partial charge in [-0.15, -0.1) is 11.8 Å². The Kier molecular flexibility index (Phi) is 1.10. The molecule has 0 spiro atoms. The molecule has 3 rings (SSSR count). The largest absolute Gasteiger partial charge is 0.374 e. The number of hydrogen-bond donors (Lipinski definition) is 1. The van der Waals surface area contributed by atoms with Gasteiger partial charge in [-0.3, -0.25) is 0 Å². The molecule has 0 amide bonds. The Balaban J connectivity index is 2.27. The van der Waals surface area contributed by atoms with Crippen LogP contribution < -0.4 is 0 Å². The van der Waals surface area contributed by atoms with Crippen LogP contribution in [-0.2, 0) is 4.93 Å². The number of fused-ring (bicyclic) bond motifs is 3. The van der Waals surface area contributed by atoms with Gasteiger partial charge >= 0.3 is 0 Å². The van der Waals surface area contributed by atoms with Crippen molar-refractivity contribution in [3.63, 3.8) is 0 Å². The monoisotopic (exact) mass is 176 g/mol. The van der Waals surface area contributed by atoms with Crippen molar-refractivity contribution in [2.45, 2.75) is 10.2 Å². The normalized spacial score (nSPS) is 35.6. The number of benzene rings is 1. The topological polar surface area (TPSA) is 20.2 Å². The molecule has 1 nitrogen and oxygen atoms in total. The Bertz CT molecular complexity index is 372. The predicted molar refractivity (Wildman–Crippen MR) is 50.8 cm³/mol. The zero-order valence-corrected chi connectivity index (χ0v) is 7.21. The molecule has 1 heterocycles. The molecule has 2 atom stereocenters. The third-order valence-corrected chi connectivity index (χ3v) is 3.76. The molecule has 1 fully saturated rings. The van der Waals surface area contributed by atoms with Crippen LogP contribution in [0.25, 0.3) is 6.08 Å². The highest BCUT2D eigenvalue weighted by Crippen LogP contribution is 2.62. The molecule has 1 saturated heterocycles. The van der Waals surface area contributed by atoms with Crippen LogP contribution in [0.5, 0.6) is 0 Å². The van der Waals surface area contributed by atoms with Crippen molar-refractivity contribution in [2.24, 2.45) is 0 Å². The molecular formula is C10H8OS. The van der Waals surface area contributed by atoms with E-state index in [4.69, 9.17) is 0 Å². The Hall–Kier alpha value is -0.730. The lowest BCUT2D eigenvalue weighted by Crippen LogP contribution is -2.13. The molecule has 0 saturated carbocycles. The molecule has 1 aliphatic heterocycles. The lowest BCUT2D eigenvalue weighted by Gasteiger charge is -2.14. The highest BCUT2D eigenvalue weighted by Gasteiger charge is 2.56. The fraction of sp³-hybridized carbons (Fsp3) is 0.200. The van der Waals surface area contributed by atoms with Gasteiger partial charge in [0.05, 0.1) is 5.25 Å². The summed E-state index contributed by atoms with van der Waals surface area (Å²) in [6.07, 6.45) is 4.17. The van der Waals surface area contributed by atoms with E-state index >= 15 is 0 Å². The minimum absolute atomic E-state index is 0.299. The van der Waals surface area contributed by atoms with Crippen LogP contribution in [-0.4, -0.2) is 10.4 Å². The Labute approximate surface area is 75.1 Å². The minimum atomic E-state index is -0.592. The molecule has 0 aromatic heterocycles. The van der Waals surface area contributed by atoms with E-state index in [-0.39, 0.29) is 0 Å². The maximum absolute atomic E-state index is 10.0. The standard InChI is InChI=1S/C10H8OS/c11-10-8-4-2-1-3-7(8)5-6-9(10)12-10/h1-6,9,11H. The van der Waals surface area contributed by atoms with Gasteiger partial charge in [0.1, 0.15) is 0 Å². The highest BCUT2D eigenvalue weighted by molar-refractivity contribution is 8.08. The van der Waals surface area contributed by atoms with E-state index in [9.17, 15) is 5.11 Å². The second kappa shape index (κ2) is 1.95. The average molecular weight is 176 g/mol. The first-order valence-electron chi connectivity index (χ1n) is 3.98. The summed E-state index contributed by atoms with van der Waals surface area (Å²) in [7, 11) is 0. The summed E-state index contributed by atoms with van der Waals surface area (Å²) in [4.78, 5) is -0.592. The zero-order valence-electron chi connectivity index (χ0n) is 6.40. The first-order chi connectivity index (χ1) is 5.81. The summed E-state index contributed by atoms with van der Waals surface area (Å²) in [5.74, 6) is 0. The maximum Gasteiger partial charge on any atom is 0.152 e. The van der Waals surface area contributed by atoms with E-state index in [1.807, 2.05) is 24.3 Å². The van der Waals surface area contributed by atoms with Gasteiger partial charge in [0.15, 0.2) is 4.93 Å². The summed E-state index contributed by atoms with van der Waals surface area (Å²) < 4.78 is 0. The predicted octanol–water partition coefficient (Wildman–Crippen LogP) is 1.97. The third-order valence-electron chi connectivity index (χ3n) is 2.43. The second-order valence-corrected chi connectivity index (χ2v) is 4.55. The van der Waals surface area contributed by atoms with E-state index in [0.717, 1.165) is 11.1 Å². The number of thioether (sulfide) groups is 1.